The van der Waals surface area contributed by atoms with Crippen molar-refractivity contribution in [2.75, 3.05) is 20.8 Å². The summed E-state index contributed by atoms with van der Waals surface area (Å²) in [6.07, 6.45) is -1.09. The first-order valence-corrected chi connectivity index (χ1v) is 8.02. The van der Waals surface area contributed by atoms with Crippen molar-refractivity contribution in [1.29, 1.82) is 0 Å². The fraction of sp³-hybridized carbons (Fsp3) is 0.235. The van der Waals surface area contributed by atoms with E-state index in [0.717, 1.165) is 12.1 Å². The summed E-state index contributed by atoms with van der Waals surface area (Å²) in [5.41, 5.74) is 0.184. The molecule has 0 radical (unpaired) electrons. The van der Waals surface area contributed by atoms with Gasteiger partial charge in [-0.2, -0.15) is 0 Å². The van der Waals surface area contributed by atoms with Crippen LogP contribution in [0.15, 0.2) is 34.8 Å². The van der Waals surface area contributed by atoms with Gasteiger partial charge in [-0.25, -0.2) is 4.39 Å². The topological polar surface area (TPSA) is 88.0 Å². The van der Waals surface area contributed by atoms with E-state index < -0.39 is 17.8 Å². The minimum absolute atomic E-state index is 0.0627. The van der Waals surface area contributed by atoms with Gasteiger partial charge in [-0.15, -0.1) is 0 Å². The van der Waals surface area contributed by atoms with E-state index in [1.54, 1.807) is 18.2 Å². The number of phenols is 1. The molecule has 134 valence electrons. The van der Waals surface area contributed by atoms with Crippen molar-refractivity contribution in [2.24, 2.45) is 0 Å². The number of amides is 1. The highest BCUT2D eigenvalue weighted by molar-refractivity contribution is 9.10. The highest BCUT2D eigenvalue weighted by atomic mass is 79.9. The zero-order chi connectivity index (χ0) is 18.6. The van der Waals surface area contributed by atoms with Crippen LogP contribution in [0.1, 0.15) is 22.0 Å². The molecule has 0 aliphatic rings. The molecule has 2 aromatic rings. The molecule has 1 atom stereocenters. The fourth-order valence-corrected chi connectivity index (χ4v) is 2.67. The summed E-state index contributed by atoms with van der Waals surface area (Å²) in [4.78, 5) is 12.2. The Morgan fingerprint density at radius 1 is 1.28 bits per heavy atom. The highest BCUT2D eigenvalue weighted by Gasteiger charge is 2.19. The lowest BCUT2D eigenvalue weighted by Crippen LogP contribution is -2.28. The van der Waals surface area contributed by atoms with Gasteiger partial charge in [-0.3, -0.25) is 4.79 Å². The molecule has 0 saturated heterocycles. The van der Waals surface area contributed by atoms with Crippen LogP contribution in [0.25, 0.3) is 0 Å². The van der Waals surface area contributed by atoms with Crippen molar-refractivity contribution in [3.05, 3.63) is 51.7 Å². The highest BCUT2D eigenvalue weighted by Crippen LogP contribution is 2.30. The number of aliphatic hydroxyl groups is 1. The van der Waals surface area contributed by atoms with Gasteiger partial charge in [0.2, 0.25) is 0 Å². The number of carbonyl (C=O) groups is 1. The van der Waals surface area contributed by atoms with Crippen molar-refractivity contribution in [1.82, 2.24) is 5.32 Å². The van der Waals surface area contributed by atoms with E-state index in [2.05, 4.69) is 21.2 Å². The largest absolute Gasteiger partial charge is 0.506 e. The minimum Gasteiger partial charge on any atom is -0.506 e. The summed E-state index contributed by atoms with van der Waals surface area (Å²) < 4.78 is 23.8. The van der Waals surface area contributed by atoms with Crippen molar-refractivity contribution >= 4 is 21.8 Å². The normalized spacial score (nSPS) is 11.7. The van der Waals surface area contributed by atoms with Gasteiger partial charge in [0.15, 0.2) is 0 Å². The quantitative estimate of drug-likeness (QED) is 0.677. The number of aliphatic hydroxyl groups excluding tert-OH is 1. The molecule has 0 unspecified atom stereocenters. The Balaban J connectivity index is 2.15. The Bertz CT molecular complexity index is 784. The van der Waals surface area contributed by atoms with Gasteiger partial charge in [0.05, 0.1) is 24.3 Å². The van der Waals surface area contributed by atoms with Crippen LogP contribution in [-0.4, -0.2) is 36.9 Å². The third-order valence-electron chi connectivity index (χ3n) is 3.52. The molecule has 0 spiro atoms. The van der Waals surface area contributed by atoms with Crippen molar-refractivity contribution in [3.8, 4) is 17.2 Å². The fourth-order valence-electron chi connectivity index (χ4n) is 2.23. The van der Waals surface area contributed by atoms with Crippen LogP contribution in [-0.2, 0) is 0 Å². The summed E-state index contributed by atoms with van der Waals surface area (Å²) >= 11 is 2.97. The second-order valence-electron chi connectivity index (χ2n) is 5.12. The molecule has 25 heavy (non-hydrogen) atoms. The Kier molecular flexibility index (Phi) is 6.22. The van der Waals surface area contributed by atoms with Gasteiger partial charge >= 0.3 is 0 Å². The maximum Gasteiger partial charge on any atom is 0.255 e. The third kappa shape index (κ3) is 4.40. The Morgan fingerprint density at radius 3 is 2.64 bits per heavy atom. The summed E-state index contributed by atoms with van der Waals surface area (Å²) in [6, 6.07) is 6.85. The number of methoxy groups -OCH3 is 2. The SMILES string of the molecule is COc1ccc(OC)c([C@@H](O)CNC(=O)c2cc(F)cc(Br)c2O)c1. The lowest BCUT2D eigenvalue weighted by molar-refractivity contribution is 0.0911. The second-order valence-corrected chi connectivity index (χ2v) is 5.97. The summed E-state index contributed by atoms with van der Waals surface area (Å²) in [6.45, 7) is -0.171. The number of hydrogen-bond donors (Lipinski definition) is 3. The van der Waals surface area contributed by atoms with Crippen molar-refractivity contribution < 1.29 is 28.9 Å². The standard InChI is InChI=1S/C17H17BrFNO5/c1-24-10-3-4-15(25-2)11(7-10)14(21)8-20-17(23)12-5-9(19)6-13(18)16(12)22/h3-7,14,21-22H,8H2,1-2H3,(H,20,23)/t14-/m0/s1. The number of carbonyl (C=O) groups excluding carboxylic acids is 1. The Morgan fingerprint density at radius 2 is 2.00 bits per heavy atom. The first-order chi connectivity index (χ1) is 11.9. The van der Waals surface area contributed by atoms with Crippen molar-refractivity contribution in [2.45, 2.75) is 6.10 Å². The average Bonchev–Trinajstić information content (AvgIpc) is 2.61. The number of aromatic hydroxyl groups is 1. The van der Waals surface area contributed by atoms with E-state index in [1.807, 2.05) is 0 Å². The molecule has 0 bridgehead atoms. The predicted octanol–water partition coefficient (Wildman–Crippen LogP) is 2.77. The lowest BCUT2D eigenvalue weighted by Gasteiger charge is -2.17. The first kappa shape index (κ1) is 19.0. The third-order valence-corrected chi connectivity index (χ3v) is 4.13. The average molecular weight is 414 g/mol. The van der Waals surface area contributed by atoms with E-state index in [9.17, 15) is 19.4 Å². The van der Waals surface area contributed by atoms with Gasteiger partial charge in [0, 0.05) is 12.1 Å². The molecule has 8 heteroatoms. The molecule has 3 N–H and O–H groups in total. The smallest absolute Gasteiger partial charge is 0.255 e. The monoisotopic (exact) mass is 413 g/mol. The second kappa shape index (κ2) is 8.17. The van der Waals surface area contributed by atoms with E-state index >= 15 is 0 Å². The molecule has 1 amide bonds. The number of phenolic OH excluding ortho intramolecular Hbond substituents is 1. The number of ether oxygens (including phenoxy) is 2. The Labute approximate surface area is 152 Å². The van der Waals surface area contributed by atoms with E-state index in [0.29, 0.717) is 17.1 Å². The Hall–Kier alpha value is -2.32. The van der Waals surface area contributed by atoms with Crippen LogP contribution in [0.4, 0.5) is 4.39 Å². The predicted molar refractivity (Wildman–Crippen MR) is 92.6 cm³/mol. The molecular formula is C17H17BrFNO5. The van der Waals surface area contributed by atoms with Crippen LogP contribution in [0.5, 0.6) is 17.2 Å². The molecule has 0 heterocycles. The lowest BCUT2D eigenvalue weighted by atomic mass is 10.1. The van der Waals surface area contributed by atoms with Gasteiger partial charge < -0.3 is 25.0 Å². The number of hydrogen-bond acceptors (Lipinski definition) is 5. The molecule has 0 saturated carbocycles. The molecule has 0 aromatic heterocycles. The summed E-state index contributed by atoms with van der Waals surface area (Å²) in [7, 11) is 2.95. The van der Waals surface area contributed by atoms with Gasteiger partial charge in [0.25, 0.3) is 5.91 Å². The molecule has 0 aliphatic heterocycles. The van der Waals surface area contributed by atoms with Crippen LogP contribution >= 0.6 is 15.9 Å². The van der Waals surface area contributed by atoms with Crippen LogP contribution in [0, 0.1) is 5.82 Å². The molecule has 2 aromatic carbocycles. The number of rotatable bonds is 6. The van der Waals surface area contributed by atoms with Gasteiger partial charge in [0.1, 0.15) is 29.2 Å². The van der Waals surface area contributed by atoms with E-state index in [4.69, 9.17) is 9.47 Å². The van der Waals surface area contributed by atoms with Crippen LogP contribution in [0.3, 0.4) is 0 Å². The molecular weight excluding hydrogens is 397 g/mol. The first-order valence-electron chi connectivity index (χ1n) is 7.23. The molecule has 2 rings (SSSR count). The van der Waals surface area contributed by atoms with Crippen LogP contribution < -0.4 is 14.8 Å². The summed E-state index contributed by atoms with van der Waals surface area (Å²) in [5, 5.41) is 22.6. The molecule has 0 fully saturated rings. The number of benzene rings is 2. The van der Waals surface area contributed by atoms with E-state index in [-0.39, 0.29) is 22.3 Å². The van der Waals surface area contributed by atoms with E-state index in [1.165, 1.54) is 14.2 Å². The van der Waals surface area contributed by atoms with Gasteiger partial charge in [-0.1, -0.05) is 0 Å². The van der Waals surface area contributed by atoms with Gasteiger partial charge in [-0.05, 0) is 46.3 Å². The number of halogens is 2. The minimum atomic E-state index is -1.09. The zero-order valence-electron chi connectivity index (χ0n) is 13.5. The maximum absolute atomic E-state index is 13.4. The van der Waals surface area contributed by atoms with Crippen LogP contribution in [0.2, 0.25) is 0 Å². The number of nitrogens with one attached hydrogen (secondary N) is 1. The molecule has 6 nitrogen and oxygen atoms in total. The van der Waals surface area contributed by atoms with Crippen molar-refractivity contribution in [3.63, 3.8) is 0 Å². The maximum atomic E-state index is 13.4. The molecule has 0 aliphatic carbocycles. The summed E-state index contributed by atoms with van der Waals surface area (Å²) in [5.74, 6) is -0.831. The zero-order valence-corrected chi connectivity index (χ0v) is 15.1.